The molecule has 0 amide bonds. The fraction of sp³-hybridized carbons (Fsp3) is 0.400. The van der Waals surface area contributed by atoms with Gasteiger partial charge in [-0.1, -0.05) is 6.07 Å². The zero-order valence-corrected chi connectivity index (χ0v) is 15.7. The Bertz CT molecular complexity index is 894. The molecule has 1 aliphatic rings. The smallest absolute Gasteiger partial charge is 0.115 e. The third kappa shape index (κ3) is 4.04. The number of morpholine rings is 1. The van der Waals surface area contributed by atoms with E-state index in [1.54, 1.807) is 12.4 Å². The Kier molecular flexibility index (Phi) is 5.22. The lowest BCUT2D eigenvalue weighted by atomic mass is 10.1. The maximum Gasteiger partial charge on any atom is 0.115 e. The minimum atomic E-state index is -0.0372. The summed E-state index contributed by atoms with van der Waals surface area (Å²) >= 11 is 0. The molecule has 4 rings (SSSR count). The fourth-order valence-electron chi connectivity index (χ4n) is 3.37. The van der Waals surface area contributed by atoms with Gasteiger partial charge in [0.1, 0.15) is 12.4 Å². The number of ether oxygens (including phenoxy) is 1. The minimum Gasteiger partial charge on any atom is -0.369 e. The van der Waals surface area contributed by atoms with Gasteiger partial charge in [-0.15, -0.1) is 0 Å². The topological polar surface area (TPSA) is 69.0 Å². The molecule has 1 aliphatic heterocycles. The number of hydrogen-bond donors (Lipinski definition) is 0. The van der Waals surface area contributed by atoms with E-state index >= 15 is 0 Å². The van der Waals surface area contributed by atoms with Crippen molar-refractivity contribution in [2.24, 2.45) is 0 Å². The van der Waals surface area contributed by atoms with E-state index in [9.17, 15) is 0 Å². The van der Waals surface area contributed by atoms with E-state index in [2.05, 4.69) is 40.0 Å². The third-order valence-electron chi connectivity index (χ3n) is 4.87. The summed E-state index contributed by atoms with van der Waals surface area (Å²) in [6, 6.07) is 6.02. The molecule has 0 spiro atoms. The number of aryl methyl sites for hydroxylation is 2. The van der Waals surface area contributed by atoms with Gasteiger partial charge in [0.2, 0.25) is 0 Å². The van der Waals surface area contributed by atoms with Gasteiger partial charge < -0.3 is 4.74 Å². The maximum atomic E-state index is 6.02. The van der Waals surface area contributed by atoms with Crippen LogP contribution in [0, 0.1) is 6.92 Å². The third-order valence-corrected chi connectivity index (χ3v) is 4.87. The lowest BCUT2D eigenvalue weighted by molar-refractivity contribution is -0.0350. The normalized spacial score (nSPS) is 17.9. The average Bonchev–Trinajstić information content (AvgIpc) is 3.08. The molecule has 1 fully saturated rings. The molecular formula is C20H24N6O. The van der Waals surface area contributed by atoms with Crippen LogP contribution in [0.15, 0.2) is 43.1 Å². The van der Waals surface area contributed by atoms with Crippen molar-refractivity contribution in [3.05, 3.63) is 60.1 Å². The molecule has 140 valence electrons. The Morgan fingerprint density at radius 2 is 2.07 bits per heavy atom. The van der Waals surface area contributed by atoms with Crippen LogP contribution in [0.1, 0.15) is 30.0 Å². The van der Waals surface area contributed by atoms with Crippen LogP contribution in [0.3, 0.4) is 0 Å². The molecule has 1 saturated heterocycles. The lowest BCUT2D eigenvalue weighted by Crippen LogP contribution is -2.38. The quantitative estimate of drug-likeness (QED) is 0.693. The van der Waals surface area contributed by atoms with Crippen LogP contribution in [0.25, 0.3) is 11.3 Å². The van der Waals surface area contributed by atoms with E-state index in [4.69, 9.17) is 9.72 Å². The molecule has 1 unspecified atom stereocenters. The second-order valence-corrected chi connectivity index (χ2v) is 6.76. The van der Waals surface area contributed by atoms with Crippen molar-refractivity contribution in [3.63, 3.8) is 0 Å². The Morgan fingerprint density at radius 1 is 1.22 bits per heavy atom. The second kappa shape index (κ2) is 7.94. The van der Waals surface area contributed by atoms with Gasteiger partial charge in [-0.2, -0.15) is 5.10 Å². The fourth-order valence-corrected chi connectivity index (χ4v) is 3.37. The summed E-state index contributed by atoms with van der Waals surface area (Å²) in [5.74, 6) is 0. The molecule has 0 aromatic carbocycles. The number of rotatable bonds is 5. The summed E-state index contributed by atoms with van der Waals surface area (Å²) in [6.07, 6.45) is 7.19. The van der Waals surface area contributed by atoms with Gasteiger partial charge in [-0.3, -0.25) is 9.58 Å². The predicted octanol–water partition coefficient (Wildman–Crippen LogP) is 2.64. The van der Waals surface area contributed by atoms with E-state index in [1.807, 2.05) is 22.9 Å². The first-order chi connectivity index (χ1) is 13.2. The standard InChI is InChI=1S/C20H24N6O/c1-3-26-12-17(15(2)24-26)11-25-7-8-27-20(13-25)19-6-4-5-18(23-19)16-9-21-14-22-10-16/h4-6,9-10,12,14,20H,3,7-8,11,13H2,1-2H3. The molecule has 3 aromatic rings. The number of pyridine rings is 1. The summed E-state index contributed by atoms with van der Waals surface area (Å²) < 4.78 is 8.02. The summed E-state index contributed by atoms with van der Waals surface area (Å²) in [5, 5.41) is 4.55. The van der Waals surface area contributed by atoms with Crippen molar-refractivity contribution < 1.29 is 4.74 Å². The van der Waals surface area contributed by atoms with Gasteiger partial charge in [-0.05, 0) is 26.0 Å². The van der Waals surface area contributed by atoms with Crippen molar-refractivity contribution in [1.82, 2.24) is 29.6 Å². The van der Waals surface area contributed by atoms with Crippen LogP contribution < -0.4 is 0 Å². The number of nitrogens with zero attached hydrogens (tertiary/aromatic N) is 6. The zero-order chi connectivity index (χ0) is 18.6. The molecular weight excluding hydrogens is 340 g/mol. The Labute approximate surface area is 159 Å². The molecule has 0 radical (unpaired) electrons. The largest absolute Gasteiger partial charge is 0.369 e. The first-order valence-corrected chi connectivity index (χ1v) is 9.32. The molecule has 1 atom stereocenters. The molecule has 7 nitrogen and oxygen atoms in total. The number of hydrogen-bond acceptors (Lipinski definition) is 6. The van der Waals surface area contributed by atoms with E-state index in [0.29, 0.717) is 6.61 Å². The van der Waals surface area contributed by atoms with Gasteiger partial charge in [0.25, 0.3) is 0 Å². The molecule has 0 saturated carbocycles. The van der Waals surface area contributed by atoms with E-state index in [-0.39, 0.29) is 6.10 Å². The highest BCUT2D eigenvalue weighted by molar-refractivity contribution is 5.56. The summed E-state index contributed by atoms with van der Waals surface area (Å²) in [6.45, 7) is 8.40. The Balaban J connectivity index is 1.49. The minimum absolute atomic E-state index is 0.0372. The van der Waals surface area contributed by atoms with Crippen LogP contribution in [0.4, 0.5) is 0 Å². The van der Waals surface area contributed by atoms with Crippen LogP contribution in [-0.2, 0) is 17.8 Å². The van der Waals surface area contributed by atoms with Crippen molar-refractivity contribution in [3.8, 4) is 11.3 Å². The van der Waals surface area contributed by atoms with Crippen molar-refractivity contribution in [2.75, 3.05) is 19.7 Å². The van der Waals surface area contributed by atoms with Gasteiger partial charge in [0.15, 0.2) is 0 Å². The molecule has 4 heterocycles. The molecule has 27 heavy (non-hydrogen) atoms. The van der Waals surface area contributed by atoms with Crippen LogP contribution in [-0.4, -0.2) is 49.3 Å². The first kappa shape index (κ1) is 17.8. The zero-order valence-electron chi connectivity index (χ0n) is 15.7. The van der Waals surface area contributed by atoms with Crippen molar-refractivity contribution in [1.29, 1.82) is 0 Å². The van der Waals surface area contributed by atoms with Gasteiger partial charge in [-0.25, -0.2) is 15.0 Å². The van der Waals surface area contributed by atoms with Crippen LogP contribution in [0.5, 0.6) is 0 Å². The monoisotopic (exact) mass is 364 g/mol. The Hall–Kier alpha value is -2.64. The SMILES string of the molecule is CCn1cc(CN2CCOC(c3cccc(-c4cncnc4)n3)C2)c(C)n1. The van der Waals surface area contributed by atoms with Gasteiger partial charge >= 0.3 is 0 Å². The highest BCUT2D eigenvalue weighted by Gasteiger charge is 2.24. The predicted molar refractivity (Wildman–Crippen MR) is 102 cm³/mol. The highest BCUT2D eigenvalue weighted by atomic mass is 16.5. The molecule has 7 heteroatoms. The molecule has 3 aromatic heterocycles. The summed E-state index contributed by atoms with van der Waals surface area (Å²) in [5.41, 5.74) is 5.11. The molecule has 0 aliphatic carbocycles. The van der Waals surface area contributed by atoms with Gasteiger partial charge in [0.05, 0.1) is 23.7 Å². The van der Waals surface area contributed by atoms with Crippen molar-refractivity contribution in [2.45, 2.75) is 33.0 Å². The van der Waals surface area contributed by atoms with Crippen molar-refractivity contribution >= 4 is 0 Å². The Morgan fingerprint density at radius 3 is 2.85 bits per heavy atom. The van der Waals surface area contributed by atoms with Crippen LogP contribution >= 0.6 is 0 Å². The van der Waals surface area contributed by atoms with Gasteiger partial charge in [0, 0.05) is 55.9 Å². The molecule has 0 bridgehead atoms. The lowest BCUT2D eigenvalue weighted by Gasteiger charge is -2.32. The number of aromatic nitrogens is 5. The highest BCUT2D eigenvalue weighted by Crippen LogP contribution is 2.24. The summed E-state index contributed by atoms with van der Waals surface area (Å²) in [4.78, 5) is 15.4. The first-order valence-electron chi connectivity index (χ1n) is 9.32. The average molecular weight is 364 g/mol. The van der Waals surface area contributed by atoms with E-state index in [0.717, 1.165) is 48.8 Å². The van der Waals surface area contributed by atoms with E-state index in [1.165, 1.54) is 11.9 Å². The van der Waals surface area contributed by atoms with Crippen LogP contribution in [0.2, 0.25) is 0 Å². The second-order valence-electron chi connectivity index (χ2n) is 6.76. The van der Waals surface area contributed by atoms with E-state index < -0.39 is 0 Å². The molecule has 0 N–H and O–H groups in total. The summed E-state index contributed by atoms with van der Waals surface area (Å²) in [7, 11) is 0. The maximum absolute atomic E-state index is 6.02.